The summed E-state index contributed by atoms with van der Waals surface area (Å²) in [5.74, 6) is -0.598. The number of esters is 1. The number of halogens is 1. The van der Waals surface area contributed by atoms with Crippen LogP contribution >= 0.6 is 0 Å². The van der Waals surface area contributed by atoms with Crippen LogP contribution in [0.1, 0.15) is 53.4 Å². The quantitative estimate of drug-likeness (QED) is 0.752. The van der Waals surface area contributed by atoms with Crippen LogP contribution in [0.4, 0.5) is 9.18 Å². The number of hydrogen-bond acceptors (Lipinski definition) is 4. The van der Waals surface area contributed by atoms with Gasteiger partial charge in [-0.1, -0.05) is 13.3 Å². The number of nitrogens with zero attached hydrogens (tertiary/aromatic N) is 1. The zero-order chi connectivity index (χ0) is 16.3. The SMILES string of the molecule is CCCC1(F)CCN(C(=O)OC(C)(C)C)[12CH](C(=O)OC)C1. The Labute approximate surface area is 125 Å². The Hall–Kier alpha value is -1.33. The summed E-state index contributed by atoms with van der Waals surface area (Å²) in [5, 5.41) is 0. The molecular weight excluding hydrogens is 277 g/mol. The van der Waals surface area contributed by atoms with Gasteiger partial charge >= 0.3 is 12.1 Å². The first-order valence-electron chi connectivity index (χ1n) is 7.38. The molecule has 0 aromatic heterocycles. The van der Waals surface area contributed by atoms with E-state index in [4.69, 9.17) is 9.47 Å². The molecule has 122 valence electrons. The van der Waals surface area contributed by atoms with Crippen LogP contribution in [0.15, 0.2) is 0 Å². The monoisotopic (exact) mass is 303 g/mol. The number of ether oxygens (including phenoxy) is 2. The molecule has 1 aliphatic heterocycles. The highest BCUT2D eigenvalue weighted by Crippen LogP contribution is 2.35. The van der Waals surface area contributed by atoms with Gasteiger partial charge in [0.15, 0.2) is 0 Å². The zero-order valence-corrected chi connectivity index (χ0v) is 13.6. The second kappa shape index (κ2) is 6.62. The van der Waals surface area contributed by atoms with Gasteiger partial charge in [-0.05, 0) is 33.6 Å². The minimum atomic E-state index is -1.42. The molecule has 6 heteroatoms. The first kappa shape index (κ1) is 17.7. The molecule has 1 heterocycles. The Morgan fingerprint density at radius 2 is 2.00 bits per heavy atom. The molecule has 1 saturated heterocycles. The predicted octanol–water partition coefficient (Wildman–Crippen LogP) is 3.07. The van der Waals surface area contributed by atoms with E-state index in [1.54, 1.807) is 20.8 Å². The number of rotatable bonds is 3. The topological polar surface area (TPSA) is 55.8 Å². The van der Waals surface area contributed by atoms with Crippen molar-refractivity contribution < 1.29 is 23.5 Å². The Morgan fingerprint density at radius 1 is 1.38 bits per heavy atom. The van der Waals surface area contributed by atoms with E-state index in [2.05, 4.69) is 0 Å². The summed E-state index contributed by atoms with van der Waals surface area (Å²) in [4.78, 5) is 25.4. The van der Waals surface area contributed by atoms with Crippen LogP contribution in [0.3, 0.4) is 0 Å². The number of methoxy groups -OCH3 is 1. The predicted molar refractivity (Wildman–Crippen MR) is 76.7 cm³/mol. The highest BCUT2D eigenvalue weighted by atomic mass is 19.1. The average Bonchev–Trinajstić information content (AvgIpc) is 2.35. The molecule has 0 aliphatic carbocycles. The molecule has 21 heavy (non-hydrogen) atoms. The van der Waals surface area contributed by atoms with Gasteiger partial charge in [-0.2, -0.15) is 0 Å². The summed E-state index contributed by atoms with van der Waals surface area (Å²) in [6.07, 6.45) is 0.649. The van der Waals surface area contributed by atoms with Crippen LogP contribution in [0.5, 0.6) is 0 Å². The van der Waals surface area contributed by atoms with Crippen molar-refractivity contribution in [2.24, 2.45) is 0 Å². The summed E-state index contributed by atoms with van der Waals surface area (Å²) in [6, 6.07) is -0.921. The van der Waals surface area contributed by atoms with E-state index in [1.807, 2.05) is 6.92 Å². The van der Waals surface area contributed by atoms with Crippen molar-refractivity contribution in [1.82, 2.24) is 4.90 Å². The third kappa shape index (κ3) is 4.86. The Kier molecular flexibility index (Phi) is 5.59. The molecule has 1 amide bonds. The molecule has 2 atom stereocenters. The average molecular weight is 303 g/mol. The standard InChI is InChI=1S/C15H26FNO4/c1-6-7-15(16)8-9-17(11(10-15)12(18)20-5)13(19)21-14(2,3)4/h11H,6-10H2,1-5H3/i11+0. The molecule has 0 N–H and O–H groups in total. The fourth-order valence-electron chi connectivity index (χ4n) is 2.60. The molecule has 0 radical (unpaired) electrons. The number of amides is 1. The lowest BCUT2D eigenvalue weighted by Crippen LogP contribution is -2.55. The summed E-state index contributed by atoms with van der Waals surface area (Å²) >= 11 is 0. The minimum absolute atomic E-state index is 0.0350. The molecule has 1 aliphatic rings. The molecule has 0 aromatic carbocycles. The van der Waals surface area contributed by atoms with E-state index in [-0.39, 0.29) is 19.4 Å². The Morgan fingerprint density at radius 3 is 2.48 bits per heavy atom. The molecule has 5 nitrogen and oxygen atoms in total. The highest BCUT2D eigenvalue weighted by Gasteiger charge is 2.45. The molecular formula is C15H26FNO4. The van der Waals surface area contributed by atoms with E-state index < -0.39 is 29.4 Å². The molecule has 0 bridgehead atoms. The lowest BCUT2D eigenvalue weighted by Gasteiger charge is -2.41. The second-order valence-electron chi connectivity index (χ2n) is 6.57. The van der Waals surface area contributed by atoms with Crippen LogP contribution in [0.25, 0.3) is 0 Å². The van der Waals surface area contributed by atoms with Crippen LogP contribution in [0.2, 0.25) is 0 Å². The van der Waals surface area contributed by atoms with E-state index in [0.717, 1.165) is 0 Å². The van der Waals surface area contributed by atoms with Crippen molar-refractivity contribution >= 4 is 12.1 Å². The summed E-state index contributed by atoms with van der Waals surface area (Å²) in [5.41, 5.74) is -2.09. The van der Waals surface area contributed by atoms with Gasteiger partial charge in [0.05, 0.1) is 7.11 Å². The number of carbonyl (C=O) groups excluding carboxylic acids is 2. The number of likely N-dealkylation sites (tertiary alicyclic amines) is 1. The lowest BCUT2D eigenvalue weighted by molar-refractivity contribution is -0.151. The fraction of sp³-hybridized carbons (Fsp3) is 0.867. The van der Waals surface area contributed by atoms with E-state index in [1.165, 1.54) is 12.0 Å². The highest BCUT2D eigenvalue weighted by molar-refractivity contribution is 5.82. The van der Waals surface area contributed by atoms with Gasteiger partial charge in [-0.3, -0.25) is 4.90 Å². The number of alkyl halides is 1. The van der Waals surface area contributed by atoms with Gasteiger partial charge < -0.3 is 9.47 Å². The molecule has 2 unspecified atom stereocenters. The van der Waals surface area contributed by atoms with Crippen LogP contribution in [-0.4, -0.2) is 47.9 Å². The van der Waals surface area contributed by atoms with Gasteiger partial charge in [-0.25, -0.2) is 14.0 Å². The Balaban J connectivity index is 2.89. The van der Waals surface area contributed by atoms with Gasteiger partial charge in [0.2, 0.25) is 0 Å². The lowest BCUT2D eigenvalue weighted by atomic mass is 9.84. The Bertz CT molecular complexity index is 394. The summed E-state index contributed by atoms with van der Waals surface area (Å²) in [6.45, 7) is 7.30. The molecule has 0 spiro atoms. The molecule has 0 saturated carbocycles. The number of hydrogen-bond donors (Lipinski definition) is 0. The largest absolute Gasteiger partial charge is 0.467 e. The van der Waals surface area contributed by atoms with Gasteiger partial charge in [-0.15, -0.1) is 0 Å². The van der Waals surface area contributed by atoms with Crippen LogP contribution in [-0.2, 0) is 14.3 Å². The fourth-order valence-corrected chi connectivity index (χ4v) is 2.60. The third-order valence-corrected chi connectivity index (χ3v) is 3.54. The van der Waals surface area contributed by atoms with Crippen molar-refractivity contribution in [2.45, 2.75) is 70.7 Å². The van der Waals surface area contributed by atoms with Gasteiger partial charge in [0, 0.05) is 13.0 Å². The van der Waals surface area contributed by atoms with Crippen molar-refractivity contribution in [3.05, 3.63) is 0 Å². The van der Waals surface area contributed by atoms with Gasteiger partial charge in [0.1, 0.15) is 17.3 Å². The molecule has 1 fully saturated rings. The number of piperidine rings is 1. The molecule has 0 aromatic rings. The molecule has 1 rings (SSSR count). The maximum absolute atomic E-state index is 14.7. The zero-order valence-electron chi connectivity index (χ0n) is 13.6. The summed E-state index contributed by atoms with van der Waals surface area (Å²) < 4.78 is 24.7. The van der Waals surface area contributed by atoms with Crippen molar-refractivity contribution in [1.29, 1.82) is 0 Å². The van der Waals surface area contributed by atoms with Crippen molar-refractivity contribution in [3.8, 4) is 0 Å². The maximum atomic E-state index is 14.7. The number of carbonyl (C=O) groups is 2. The minimum Gasteiger partial charge on any atom is -0.467 e. The van der Waals surface area contributed by atoms with E-state index in [9.17, 15) is 14.0 Å². The maximum Gasteiger partial charge on any atom is 0.411 e. The van der Waals surface area contributed by atoms with Crippen LogP contribution < -0.4 is 0 Å². The van der Waals surface area contributed by atoms with Crippen molar-refractivity contribution in [3.63, 3.8) is 0 Å². The summed E-state index contributed by atoms with van der Waals surface area (Å²) in [7, 11) is 1.24. The first-order chi connectivity index (χ1) is 9.62. The first-order valence-corrected chi connectivity index (χ1v) is 7.38. The van der Waals surface area contributed by atoms with E-state index >= 15 is 0 Å². The smallest absolute Gasteiger partial charge is 0.411 e. The van der Waals surface area contributed by atoms with Crippen LogP contribution in [0, 0.1) is 0 Å². The third-order valence-electron chi connectivity index (χ3n) is 3.54. The second-order valence-corrected chi connectivity index (χ2v) is 6.57. The van der Waals surface area contributed by atoms with Gasteiger partial charge in [0.25, 0.3) is 0 Å². The normalized spacial score (nSPS) is 26.4. The van der Waals surface area contributed by atoms with Crippen molar-refractivity contribution in [2.75, 3.05) is 13.7 Å². The van der Waals surface area contributed by atoms with E-state index in [0.29, 0.717) is 12.8 Å².